The van der Waals surface area contributed by atoms with E-state index in [1.54, 1.807) is 32.2 Å². The van der Waals surface area contributed by atoms with E-state index in [1.165, 1.54) is 0 Å². The third-order valence-electron chi connectivity index (χ3n) is 3.10. The van der Waals surface area contributed by atoms with Crippen molar-refractivity contribution >= 4 is 29.1 Å². The minimum absolute atomic E-state index is 0.0325. The number of methoxy groups -OCH3 is 1. The van der Waals surface area contributed by atoms with E-state index >= 15 is 0 Å². The van der Waals surface area contributed by atoms with Crippen LogP contribution in [0.4, 0.5) is 5.69 Å². The molecule has 1 rings (SSSR count). The number of halogens is 1. The van der Waals surface area contributed by atoms with E-state index in [0.29, 0.717) is 29.2 Å². The van der Waals surface area contributed by atoms with Gasteiger partial charge in [0.05, 0.1) is 17.4 Å². The normalized spacial score (nSPS) is 11.8. The Bertz CT molecular complexity index is 502. The fourth-order valence-electron chi connectivity index (χ4n) is 1.75. The van der Waals surface area contributed by atoms with Crippen LogP contribution in [-0.4, -0.2) is 31.6 Å². The van der Waals surface area contributed by atoms with Gasteiger partial charge in [0.15, 0.2) is 0 Å². The molecule has 0 aliphatic carbocycles. The minimum Gasteiger partial charge on any atom is -0.380 e. The molecule has 0 saturated carbocycles. The first kappa shape index (κ1) is 17.5. The van der Waals surface area contributed by atoms with Crippen molar-refractivity contribution in [2.75, 3.05) is 19.0 Å². The number of carbonyl (C=O) groups is 2. The minimum atomic E-state index is -0.270. The molecule has 5 nitrogen and oxygen atoms in total. The molecule has 2 amide bonds. The first-order chi connectivity index (χ1) is 10.0. The summed E-state index contributed by atoms with van der Waals surface area (Å²) in [5.41, 5.74) is 0.796. The molecule has 0 radical (unpaired) electrons. The highest BCUT2D eigenvalue weighted by Gasteiger charge is 2.15. The topological polar surface area (TPSA) is 67.4 Å². The van der Waals surface area contributed by atoms with Gasteiger partial charge in [0.1, 0.15) is 0 Å². The fraction of sp³-hybridized carbons (Fsp3) is 0.467. The maximum Gasteiger partial charge on any atom is 0.253 e. The SMILES string of the molecule is CCC(=O)Nc1cc(Cl)ccc1C(=O)NC[C@H](CC)OC. The largest absolute Gasteiger partial charge is 0.380 e. The molecule has 1 aromatic carbocycles. The molecule has 0 bridgehead atoms. The van der Waals surface area contributed by atoms with E-state index < -0.39 is 0 Å². The second-order valence-corrected chi connectivity index (χ2v) is 5.00. The Morgan fingerprint density at radius 1 is 1.33 bits per heavy atom. The van der Waals surface area contributed by atoms with Crippen molar-refractivity contribution in [2.24, 2.45) is 0 Å². The van der Waals surface area contributed by atoms with Crippen molar-refractivity contribution in [1.29, 1.82) is 0 Å². The molecular weight excluding hydrogens is 292 g/mol. The average Bonchev–Trinajstić information content (AvgIpc) is 2.48. The zero-order valence-corrected chi connectivity index (χ0v) is 13.3. The molecule has 2 N–H and O–H groups in total. The van der Waals surface area contributed by atoms with Gasteiger partial charge in [-0.05, 0) is 24.6 Å². The van der Waals surface area contributed by atoms with E-state index in [0.717, 1.165) is 6.42 Å². The third-order valence-corrected chi connectivity index (χ3v) is 3.34. The highest BCUT2D eigenvalue weighted by Crippen LogP contribution is 2.21. The fourth-order valence-corrected chi connectivity index (χ4v) is 1.92. The zero-order chi connectivity index (χ0) is 15.8. The molecule has 0 fully saturated rings. The van der Waals surface area contributed by atoms with Crippen LogP contribution in [0, 0.1) is 0 Å². The van der Waals surface area contributed by atoms with Gasteiger partial charge in [0.25, 0.3) is 5.91 Å². The lowest BCUT2D eigenvalue weighted by Crippen LogP contribution is -2.33. The number of anilines is 1. The Kier molecular flexibility index (Phi) is 7.19. The summed E-state index contributed by atoms with van der Waals surface area (Å²) < 4.78 is 5.21. The average molecular weight is 313 g/mol. The molecule has 0 aliphatic heterocycles. The number of benzene rings is 1. The van der Waals surface area contributed by atoms with Gasteiger partial charge >= 0.3 is 0 Å². The van der Waals surface area contributed by atoms with Crippen molar-refractivity contribution in [3.8, 4) is 0 Å². The quantitative estimate of drug-likeness (QED) is 0.813. The van der Waals surface area contributed by atoms with Gasteiger partial charge in [0.2, 0.25) is 5.91 Å². The summed E-state index contributed by atoms with van der Waals surface area (Å²) in [6, 6.07) is 4.78. The van der Waals surface area contributed by atoms with Crippen molar-refractivity contribution in [1.82, 2.24) is 5.32 Å². The monoisotopic (exact) mass is 312 g/mol. The Hall–Kier alpha value is -1.59. The lowest BCUT2D eigenvalue weighted by atomic mass is 10.1. The Labute approximate surface area is 130 Å². The van der Waals surface area contributed by atoms with E-state index in [-0.39, 0.29) is 17.9 Å². The molecular formula is C15H21ClN2O3. The molecule has 0 heterocycles. The van der Waals surface area contributed by atoms with Crippen molar-refractivity contribution in [3.63, 3.8) is 0 Å². The van der Waals surface area contributed by atoms with E-state index in [2.05, 4.69) is 10.6 Å². The van der Waals surface area contributed by atoms with Gasteiger partial charge in [-0.15, -0.1) is 0 Å². The smallest absolute Gasteiger partial charge is 0.253 e. The van der Waals surface area contributed by atoms with Crippen LogP contribution in [0.25, 0.3) is 0 Å². The van der Waals surface area contributed by atoms with E-state index in [4.69, 9.17) is 16.3 Å². The van der Waals surface area contributed by atoms with Crippen LogP contribution in [-0.2, 0) is 9.53 Å². The first-order valence-electron chi connectivity index (χ1n) is 6.92. The molecule has 0 aromatic heterocycles. The summed E-state index contributed by atoms with van der Waals surface area (Å²) in [6.07, 6.45) is 1.10. The number of hydrogen-bond donors (Lipinski definition) is 2. The molecule has 21 heavy (non-hydrogen) atoms. The summed E-state index contributed by atoms with van der Waals surface area (Å²) in [4.78, 5) is 23.7. The molecule has 0 aliphatic rings. The standard InChI is InChI=1S/C15H21ClN2O3/c1-4-11(21-3)9-17-15(20)12-7-6-10(16)8-13(12)18-14(19)5-2/h6-8,11H,4-5,9H2,1-3H3,(H,17,20)(H,18,19)/t11-/m0/s1. The van der Waals surface area contributed by atoms with Gasteiger partial charge in [0, 0.05) is 25.1 Å². The van der Waals surface area contributed by atoms with Gasteiger partial charge in [-0.2, -0.15) is 0 Å². The maximum atomic E-state index is 12.2. The molecule has 0 saturated heterocycles. The molecule has 1 aromatic rings. The molecule has 6 heteroatoms. The lowest BCUT2D eigenvalue weighted by Gasteiger charge is -2.15. The summed E-state index contributed by atoms with van der Waals surface area (Å²) in [7, 11) is 1.61. The summed E-state index contributed by atoms with van der Waals surface area (Å²) in [5.74, 6) is -0.441. The number of hydrogen-bond acceptors (Lipinski definition) is 3. The summed E-state index contributed by atoms with van der Waals surface area (Å²) in [6.45, 7) is 4.13. The predicted molar refractivity (Wildman–Crippen MR) is 83.8 cm³/mol. The molecule has 116 valence electrons. The molecule has 1 atom stereocenters. The zero-order valence-electron chi connectivity index (χ0n) is 12.5. The Morgan fingerprint density at radius 3 is 2.62 bits per heavy atom. The van der Waals surface area contributed by atoms with Crippen LogP contribution in [0.5, 0.6) is 0 Å². The second-order valence-electron chi connectivity index (χ2n) is 4.57. The van der Waals surface area contributed by atoms with Crippen LogP contribution in [0.3, 0.4) is 0 Å². The van der Waals surface area contributed by atoms with Gasteiger partial charge in [-0.25, -0.2) is 0 Å². The van der Waals surface area contributed by atoms with Crippen LogP contribution >= 0.6 is 11.6 Å². The number of nitrogens with one attached hydrogen (secondary N) is 2. The number of ether oxygens (including phenoxy) is 1. The lowest BCUT2D eigenvalue weighted by molar-refractivity contribution is -0.115. The predicted octanol–water partition coefficient (Wildman–Crippen LogP) is 2.84. The Balaban J connectivity index is 2.85. The van der Waals surface area contributed by atoms with Gasteiger partial charge in [-0.1, -0.05) is 25.4 Å². The molecule has 0 unspecified atom stereocenters. The van der Waals surface area contributed by atoms with Gasteiger partial charge in [-0.3, -0.25) is 9.59 Å². The second kappa shape index (κ2) is 8.64. The number of carbonyl (C=O) groups excluding carboxylic acids is 2. The van der Waals surface area contributed by atoms with Crippen LogP contribution < -0.4 is 10.6 Å². The Morgan fingerprint density at radius 2 is 2.05 bits per heavy atom. The van der Waals surface area contributed by atoms with Crippen LogP contribution in [0.2, 0.25) is 5.02 Å². The van der Waals surface area contributed by atoms with E-state index in [1.807, 2.05) is 6.92 Å². The van der Waals surface area contributed by atoms with Crippen LogP contribution in [0.15, 0.2) is 18.2 Å². The van der Waals surface area contributed by atoms with Crippen molar-refractivity contribution < 1.29 is 14.3 Å². The third kappa shape index (κ3) is 5.36. The first-order valence-corrected chi connectivity index (χ1v) is 7.29. The maximum absolute atomic E-state index is 12.2. The van der Waals surface area contributed by atoms with Gasteiger partial charge < -0.3 is 15.4 Å². The summed E-state index contributed by atoms with van der Waals surface area (Å²) in [5, 5.41) is 5.94. The summed E-state index contributed by atoms with van der Waals surface area (Å²) >= 11 is 5.92. The highest BCUT2D eigenvalue weighted by molar-refractivity contribution is 6.31. The molecule has 0 spiro atoms. The van der Waals surface area contributed by atoms with Crippen LogP contribution in [0.1, 0.15) is 37.0 Å². The highest BCUT2D eigenvalue weighted by atomic mass is 35.5. The van der Waals surface area contributed by atoms with Crippen molar-refractivity contribution in [3.05, 3.63) is 28.8 Å². The number of rotatable bonds is 7. The number of amides is 2. The van der Waals surface area contributed by atoms with E-state index in [9.17, 15) is 9.59 Å². The van der Waals surface area contributed by atoms with Crippen molar-refractivity contribution in [2.45, 2.75) is 32.8 Å².